The van der Waals surface area contributed by atoms with E-state index in [1.165, 1.54) is 30.4 Å². The van der Waals surface area contributed by atoms with E-state index in [1.54, 1.807) is 0 Å². The van der Waals surface area contributed by atoms with Crippen LogP contribution in [0.5, 0.6) is 0 Å². The van der Waals surface area contributed by atoms with Crippen molar-refractivity contribution in [2.75, 3.05) is 6.61 Å². The predicted molar refractivity (Wildman–Crippen MR) is 188 cm³/mol. The number of unbranched alkanes of at least 4 members (excludes halogenated alkanes) is 3. The molecule has 0 spiro atoms. The molecular weight excluding hydrogens is 588 g/mol. The van der Waals surface area contributed by atoms with Gasteiger partial charge >= 0.3 is 5.97 Å². The number of carboxylic acid groups (broad SMARTS) is 1. The summed E-state index contributed by atoms with van der Waals surface area (Å²) in [6.45, 7) is 15.6. The van der Waals surface area contributed by atoms with E-state index < -0.39 is 5.97 Å². The lowest BCUT2D eigenvalue weighted by atomic mass is 9.85. The molecule has 3 aromatic rings. The largest absolute Gasteiger partial charge is 0.481 e. The number of H-pyrrole nitrogens is 2. The average Bonchev–Trinajstić information content (AvgIpc) is 3.78. The molecule has 1 unspecified atom stereocenters. The minimum absolute atomic E-state index is 0.0282. The van der Waals surface area contributed by atoms with Gasteiger partial charge in [0.1, 0.15) is 0 Å². The number of ether oxygens (including phenoxy) is 1. The molecule has 0 aromatic carbocycles. The van der Waals surface area contributed by atoms with E-state index >= 15 is 0 Å². The quantitative estimate of drug-likeness (QED) is 0.181. The summed E-state index contributed by atoms with van der Waals surface area (Å²) in [6, 6.07) is 6.39. The van der Waals surface area contributed by atoms with Crippen molar-refractivity contribution in [1.29, 1.82) is 0 Å². The number of carboxylic acids is 1. The van der Waals surface area contributed by atoms with E-state index in [9.17, 15) is 14.7 Å². The maximum atomic E-state index is 13.5. The van der Waals surface area contributed by atoms with Gasteiger partial charge in [0.15, 0.2) is 5.78 Å². The standard InChI is InChI=1S/C39H48N4O4/c1-8-10-11-12-15-47-24(7)36-22(5)30-17-29-21(4)26(13-14-35(45)46)38(42-29)27-16-34(44)37-23(6)31(43-39(27)37)18-32-25(9-2)20(3)28(40-32)19-33(36)41-30/h17-19,21,24,26,40-41H,8-16H2,1-7H3,(H,45,46)/t21-,24?,26-/m0/s1. The number of nitrogens with one attached hydrogen (secondary N) is 2. The van der Waals surface area contributed by atoms with Crippen molar-refractivity contribution >= 4 is 45.0 Å². The Hall–Kier alpha value is -4.04. The molecule has 6 rings (SSSR count). The summed E-state index contributed by atoms with van der Waals surface area (Å²) in [5.74, 6) is -0.937. The Morgan fingerprint density at radius 1 is 1.00 bits per heavy atom. The highest BCUT2D eigenvalue weighted by Gasteiger charge is 2.39. The Kier molecular flexibility index (Phi) is 9.25. The first kappa shape index (κ1) is 32.9. The molecule has 47 heavy (non-hydrogen) atoms. The van der Waals surface area contributed by atoms with E-state index in [4.69, 9.17) is 14.7 Å². The first-order valence-electron chi connectivity index (χ1n) is 17.4. The zero-order valence-corrected chi connectivity index (χ0v) is 28.9. The molecule has 0 fully saturated rings. The fraction of sp³-hybridized carbons (Fsp3) is 0.487. The zero-order valence-electron chi connectivity index (χ0n) is 28.9. The maximum Gasteiger partial charge on any atom is 0.303 e. The first-order valence-corrected chi connectivity index (χ1v) is 17.4. The van der Waals surface area contributed by atoms with Gasteiger partial charge in [-0.25, -0.2) is 4.98 Å². The van der Waals surface area contributed by atoms with Gasteiger partial charge in [-0.05, 0) is 87.4 Å². The number of aromatic amines is 2. The lowest BCUT2D eigenvalue weighted by molar-refractivity contribution is -0.137. The van der Waals surface area contributed by atoms with Crippen molar-refractivity contribution in [3.05, 3.63) is 68.8 Å². The van der Waals surface area contributed by atoms with E-state index in [1.807, 2.05) is 6.92 Å². The second-order valence-corrected chi connectivity index (χ2v) is 13.6. The SMILES string of the molecule is CCCCCCOC(C)c1c(C)c2cc3nc(c4c5nc(cc6[nH]c(cc1[nH]2)c(C)c6CC)C(C)=C5C(=O)C4)[C@@H](CCC(=O)O)[C@@H]3C. The van der Waals surface area contributed by atoms with E-state index in [-0.39, 0.29) is 36.6 Å². The van der Waals surface area contributed by atoms with Gasteiger partial charge in [0.25, 0.3) is 0 Å². The first-order chi connectivity index (χ1) is 22.5. The lowest BCUT2D eigenvalue weighted by Crippen LogP contribution is -2.08. The minimum Gasteiger partial charge on any atom is -0.481 e. The maximum absolute atomic E-state index is 13.5. The number of aliphatic carboxylic acids is 1. The summed E-state index contributed by atoms with van der Waals surface area (Å²) in [5.41, 5.74) is 14.2. The number of Topliss-reactive ketones (excluding diaryl/α,β-unsaturated/α-hetero) is 1. The molecule has 1 aliphatic carbocycles. The normalized spacial score (nSPS) is 18.0. The van der Waals surface area contributed by atoms with Crippen LogP contribution in [0, 0.1) is 13.8 Å². The molecule has 2 aliphatic heterocycles. The highest BCUT2D eigenvalue weighted by Crippen LogP contribution is 2.46. The van der Waals surface area contributed by atoms with E-state index in [0.717, 1.165) is 74.3 Å². The molecular formula is C39H48N4O4. The van der Waals surface area contributed by atoms with Gasteiger partial charge in [-0.15, -0.1) is 0 Å². The van der Waals surface area contributed by atoms with E-state index in [2.05, 4.69) is 69.7 Å². The number of carbonyl (C=O) groups excluding carboxylic acids is 1. The molecule has 8 heteroatoms. The molecule has 0 radical (unpaired) electrons. The molecule has 3 aromatic heterocycles. The highest BCUT2D eigenvalue weighted by atomic mass is 16.5. The summed E-state index contributed by atoms with van der Waals surface area (Å²) < 4.78 is 6.44. The number of fused-ring (bicyclic) bond motifs is 8. The molecule has 0 saturated heterocycles. The van der Waals surface area contributed by atoms with Crippen LogP contribution in [0.3, 0.4) is 0 Å². The molecule has 8 nitrogen and oxygen atoms in total. The lowest BCUT2D eigenvalue weighted by Gasteiger charge is -2.16. The van der Waals surface area contributed by atoms with Gasteiger partial charge in [-0.2, -0.15) is 0 Å². The van der Waals surface area contributed by atoms with Gasteiger partial charge in [0, 0.05) is 75.7 Å². The topological polar surface area (TPSA) is 121 Å². The second kappa shape index (κ2) is 13.2. The molecule has 0 saturated carbocycles. The van der Waals surface area contributed by atoms with Crippen molar-refractivity contribution in [2.45, 2.75) is 118 Å². The fourth-order valence-corrected chi connectivity index (χ4v) is 7.84. The van der Waals surface area contributed by atoms with Crippen LogP contribution in [0.1, 0.15) is 142 Å². The third-order valence-corrected chi connectivity index (χ3v) is 10.6. The monoisotopic (exact) mass is 636 g/mol. The van der Waals surface area contributed by atoms with Crippen molar-refractivity contribution in [3.8, 4) is 0 Å². The van der Waals surface area contributed by atoms with Crippen molar-refractivity contribution in [1.82, 2.24) is 19.9 Å². The third-order valence-electron chi connectivity index (χ3n) is 10.6. The van der Waals surface area contributed by atoms with Gasteiger partial charge in [0.05, 0.1) is 23.2 Å². The number of hydrogen-bond acceptors (Lipinski definition) is 5. The number of carbonyl (C=O) groups is 2. The predicted octanol–water partition coefficient (Wildman–Crippen LogP) is 8.96. The van der Waals surface area contributed by atoms with Crippen LogP contribution in [0.2, 0.25) is 0 Å². The van der Waals surface area contributed by atoms with Crippen LogP contribution in [0.25, 0.3) is 33.2 Å². The smallest absolute Gasteiger partial charge is 0.303 e. The van der Waals surface area contributed by atoms with Crippen LogP contribution in [-0.2, 0) is 27.2 Å². The van der Waals surface area contributed by atoms with Gasteiger partial charge in [-0.1, -0.05) is 40.0 Å². The summed E-state index contributed by atoms with van der Waals surface area (Å²) in [7, 11) is 0. The van der Waals surface area contributed by atoms with Crippen molar-refractivity contribution < 1.29 is 19.4 Å². The number of aryl methyl sites for hydroxylation is 3. The Morgan fingerprint density at radius 2 is 1.74 bits per heavy atom. The van der Waals surface area contributed by atoms with Gasteiger partial charge in [0.2, 0.25) is 0 Å². The Morgan fingerprint density at radius 3 is 2.47 bits per heavy atom. The summed E-state index contributed by atoms with van der Waals surface area (Å²) in [5, 5.41) is 9.62. The molecule has 5 heterocycles. The third kappa shape index (κ3) is 5.97. The highest BCUT2D eigenvalue weighted by molar-refractivity contribution is 6.32. The Bertz CT molecular complexity index is 1950. The minimum atomic E-state index is -0.833. The van der Waals surface area contributed by atoms with Crippen LogP contribution in [0.15, 0.2) is 18.2 Å². The molecule has 0 amide bonds. The van der Waals surface area contributed by atoms with Crippen molar-refractivity contribution in [2.24, 2.45) is 0 Å². The Labute approximate surface area is 277 Å². The number of allylic oxidation sites excluding steroid dienone is 2. The number of hydrogen-bond donors (Lipinski definition) is 3. The molecule has 3 N–H and O–H groups in total. The average molecular weight is 637 g/mol. The second-order valence-electron chi connectivity index (χ2n) is 13.6. The number of nitrogens with zero attached hydrogens (tertiary/aromatic N) is 2. The number of aromatic nitrogens is 4. The molecule has 3 atom stereocenters. The van der Waals surface area contributed by atoms with Crippen LogP contribution in [-0.4, -0.2) is 43.4 Å². The molecule has 248 valence electrons. The fourth-order valence-electron chi connectivity index (χ4n) is 7.84. The van der Waals surface area contributed by atoms with Crippen molar-refractivity contribution in [3.63, 3.8) is 0 Å². The van der Waals surface area contributed by atoms with Crippen LogP contribution < -0.4 is 0 Å². The molecule has 3 aliphatic rings. The zero-order chi connectivity index (χ0) is 33.6. The van der Waals surface area contributed by atoms with Gasteiger partial charge in [-0.3, -0.25) is 14.6 Å². The summed E-state index contributed by atoms with van der Waals surface area (Å²) in [6.07, 6.45) is 6.07. The summed E-state index contributed by atoms with van der Waals surface area (Å²) in [4.78, 5) is 42.9. The number of ketones is 1. The summed E-state index contributed by atoms with van der Waals surface area (Å²) >= 11 is 0. The van der Waals surface area contributed by atoms with Crippen LogP contribution >= 0.6 is 0 Å². The number of rotatable bonds is 11. The van der Waals surface area contributed by atoms with Crippen LogP contribution in [0.4, 0.5) is 0 Å². The molecule has 8 bridgehead atoms. The van der Waals surface area contributed by atoms with Gasteiger partial charge < -0.3 is 19.8 Å². The Balaban J connectivity index is 1.65. The van der Waals surface area contributed by atoms with E-state index in [0.29, 0.717) is 24.3 Å².